The number of carbonyl (C=O) groups is 2. The van der Waals surface area contributed by atoms with Crippen molar-refractivity contribution in [2.24, 2.45) is 11.8 Å². The van der Waals surface area contributed by atoms with Gasteiger partial charge in [0.05, 0.1) is 12.5 Å². The highest BCUT2D eigenvalue weighted by Crippen LogP contribution is 2.38. The van der Waals surface area contributed by atoms with Gasteiger partial charge in [0.25, 0.3) is 5.91 Å². The minimum absolute atomic E-state index is 0.0222. The Kier molecular flexibility index (Phi) is 5.44. The molecule has 0 radical (unpaired) electrons. The molecule has 0 saturated heterocycles. The molecule has 1 aromatic carbocycles. The average molecular weight is 312 g/mol. The third-order valence-electron chi connectivity index (χ3n) is 3.26. The zero-order chi connectivity index (χ0) is 15.2. The molecule has 114 valence electrons. The number of hydrogen-bond acceptors (Lipinski definition) is 4. The van der Waals surface area contributed by atoms with Crippen molar-refractivity contribution in [1.82, 2.24) is 5.32 Å². The van der Waals surface area contributed by atoms with Crippen LogP contribution in [0.4, 0.5) is 0 Å². The zero-order valence-corrected chi connectivity index (χ0v) is 12.6. The molecule has 0 spiro atoms. The largest absolute Gasteiger partial charge is 0.492 e. The Morgan fingerprint density at radius 1 is 1.33 bits per heavy atom. The maximum atomic E-state index is 11.5. The SMILES string of the molecule is C[C@@H]1C[C@@H]1C(=O)OCC(=O)NCCOc1ccc(Cl)cc1. The highest BCUT2D eigenvalue weighted by Gasteiger charge is 2.40. The summed E-state index contributed by atoms with van der Waals surface area (Å²) in [6.45, 7) is 2.43. The molecule has 0 bridgehead atoms. The number of carbonyl (C=O) groups excluding carboxylic acids is 2. The third kappa shape index (κ3) is 5.27. The second kappa shape index (κ2) is 7.31. The zero-order valence-electron chi connectivity index (χ0n) is 11.8. The van der Waals surface area contributed by atoms with E-state index < -0.39 is 0 Å². The number of ether oxygens (including phenoxy) is 2. The van der Waals surface area contributed by atoms with Gasteiger partial charge in [0.15, 0.2) is 6.61 Å². The van der Waals surface area contributed by atoms with Gasteiger partial charge in [-0.15, -0.1) is 0 Å². The van der Waals surface area contributed by atoms with Gasteiger partial charge >= 0.3 is 5.97 Å². The summed E-state index contributed by atoms with van der Waals surface area (Å²) in [7, 11) is 0. The van der Waals surface area contributed by atoms with E-state index in [1.807, 2.05) is 6.92 Å². The van der Waals surface area contributed by atoms with Gasteiger partial charge in [-0.05, 0) is 36.6 Å². The topological polar surface area (TPSA) is 64.6 Å². The first-order valence-corrected chi connectivity index (χ1v) is 7.26. The van der Waals surface area contributed by atoms with Crippen molar-refractivity contribution in [2.45, 2.75) is 13.3 Å². The van der Waals surface area contributed by atoms with Gasteiger partial charge in [0, 0.05) is 5.02 Å². The van der Waals surface area contributed by atoms with E-state index in [-0.39, 0.29) is 24.4 Å². The van der Waals surface area contributed by atoms with E-state index in [4.69, 9.17) is 21.1 Å². The standard InChI is InChI=1S/C15H18ClNO4/c1-10-8-13(10)15(19)21-9-14(18)17-6-7-20-12-4-2-11(16)3-5-12/h2-5,10,13H,6-9H2,1H3,(H,17,18)/t10-,13+/m1/s1. The quantitative estimate of drug-likeness (QED) is 0.618. The van der Waals surface area contributed by atoms with Crippen LogP contribution in [0.3, 0.4) is 0 Å². The Labute approximate surface area is 128 Å². The van der Waals surface area contributed by atoms with Crippen LogP contribution >= 0.6 is 11.6 Å². The molecule has 1 aliphatic rings. The van der Waals surface area contributed by atoms with E-state index >= 15 is 0 Å². The molecular weight excluding hydrogens is 294 g/mol. The van der Waals surface area contributed by atoms with Crippen LogP contribution in [0.25, 0.3) is 0 Å². The first-order valence-electron chi connectivity index (χ1n) is 6.88. The van der Waals surface area contributed by atoms with Crippen molar-refractivity contribution in [2.75, 3.05) is 19.8 Å². The molecule has 0 aliphatic heterocycles. The number of benzene rings is 1. The van der Waals surface area contributed by atoms with Crippen molar-refractivity contribution >= 4 is 23.5 Å². The minimum Gasteiger partial charge on any atom is -0.492 e. The minimum atomic E-state index is -0.323. The van der Waals surface area contributed by atoms with Gasteiger partial charge in [-0.1, -0.05) is 18.5 Å². The smallest absolute Gasteiger partial charge is 0.309 e. The highest BCUT2D eigenvalue weighted by atomic mass is 35.5. The van der Waals surface area contributed by atoms with Crippen LogP contribution in [0.5, 0.6) is 5.75 Å². The Morgan fingerprint density at radius 3 is 2.62 bits per heavy atom. The number of rotatable bonds is 7. The van der Waals surface area contributed by atoms with Crippen LogP contribution < -0.4 is 10.1 Å². The first-order chi connectivity index (χ1) is 10.1. The lowest BCUT2D eigenvalue weighted by atomic mass is 10.3. The van der Waals surface area contributed by atoms with Crippen LogP contribution in [0.1, 0.15) is 13.3 Å². The highest BCUT2D eigenvalue weighted by molar-refractivity contribution is 6.30. The first kappa shape index (κ1) is 15.6. The lowest BCUT2D eigenvalue weighted by molar-refractivity contribution is -0.150. The molecule has 2 atom stereocenters. The molecular formula is C15H18ClNO4. The predicted octanol–water partition coefficient (Wildman–Crippen LogP) is 2.03. The van der Waals surface area contributed by atoms with Crippen LogP contribution in [-0.4, -0.2) is 31.6 Å². The van der Waals surface area contributed by atoms with E-state index in [1.54, 1.807) is 24.3 Å². The molecule has 1 saturated carbocycles. The van der Waals surface area contributed by atoms with Crippen molar-refractivity contribution in [3.8, 4) is 5.75 Å². The van der Waals surface area contributed by atoms with E-state index in [1.165, 1.54) is 0 Å². The van der Waals surface area contributed by atoms with Crippen molar-refractivity contribution < 1.29 is 19.1 Å². The Balaban J connectivity index is 1.54. The number of amides is 1. The summed E-state index contributed by atoms with van der Waals surface area (Å²) >= 11 is 5.76. The molecule has 1 amide bonds. The van der Waals surface area contributed by atoms with Crippen molar-refractivity contribution in [1.29, 1.82) is 0 Å². The molecule has 2 rings (SSSR count). The Bertz CT molecular complexity index is 503. The van der Waals surface area contributed by atoms with Gasteiger partial charge in [-0.25, -0.2) is 0 Å². The number of hydrogen-bond donors (Lipinski definition) is 1. The molecule has 0 aromatic heterocycles. The number of esters is 1. The molecule has 6 heteroatoms. The summed E-state index contributed by atoms with van der Waals surface area (Å²) in [4.78, 5) is 22.9. The lowest BCUT2D eigenvalue weighted by Gasteiger charge is -2.08. The number of nitrogens with one attached hydrogen (secondary N) is 1. The van der Waals surface area contributed by atoms with Crippen LogP contribution in [-0.2, 0) is 14.3 Å². The maximum absolute atomic E-state index is 11.5. The third-order valence-corrected chi connectivity index (χ3v) is 3.52. The molecule has 1 aliphatic carbocycles. The number of halogens is 1. The predicted molar refractivity (Wildman–Crippen MR) is 78.2 cm³/mol. The molecule has 21 heavy (non-hydrogen) atoms. The van der Waals surface area contributed by atoms with E-state index in [0.29, 0.717) is 29.8 Å². The van der Waals surface area contributed by atoms with Crippen molar-refractivity contribution in [3.63, 3.8) is 0 Å². The summed E-state index contributed by atoms with van der Waals surface area (Å²) < 4.78 is 10.3. The van der Waals surface area contributed by atoms with Gasteiger partial charge in [-0.3, -0.25) is 9.59 Å². The molecule has 1 fully saturated rings. The monoisotopic (exact) mass is 311 g/mol. The summed E-state index contributed by atoms with van der Waals surface area (Å²) in [5.41, 5.74) is 0. The fraction of sp³-hybridized carbons (Fsp3) is 0.467. The van der Waals surface area contributed by atoms with E-state index in [9.17, 15) is 9.59 Å². The van der Waals surface area contributed by atoms with Crippen LogP contribution in [0, 0.1) is 11.8 Å². The van der Waals surface area contributed by atoms with Gasteiger partial charge in [-0.2, -0.15) is 0 Å². The van der Waals surface area contributed by atoms with Gasteiger partial charge in [0.2, 0.25) is 0 Å². The normalized spacial score (nSPS) is 19.7. The van der Waals surface area contributed by atoms with E-state index in [2.05, 4.69) is 5.32 Å². The molecule has 0 heterocycles. The second-order valence-corrected chi connectivity index (χ2v) is 5.52. The molecule has 1 aromatic rings. The molecule has 5 nitrogen and oxygen atoms in total. The van der Waals surface area contributed by atoms with Gasteiger partial charge in [0.1, 0.15) is 12.4 Å². The Hall–Kier alpha value is -1.75. The lowest BCUT2D eigenvalue weighted by Crippen LogP contribution is -2.32. The average Bonchev–Trinajstić information content (AvgIpc) is 3.20. The summed E-state index contributed by atoms with van der Waals surface area (Å²) in [5, 5.41) is 3.26. The van der Waals surface area contributed by atoms with Crippen LogP contribution in [0.2, 0.25) is 5.02 Å². The van der Waals surface area contributed by atoms with Gasteiger partial charge < -0.3 is 14.8 Å². The van der Waals surface area contributed by atoms with Crippen molar-refractivity contribution in [3.05, 3.63) is 29.3 Å². The maximum Gasteiger partial charge on any atom is 0.309 e. The summed E-state index contributed by atoms with van der Waals surface area (Å²) in [6, 6.07) is 6.97. The summed E-state index contributed by atoms with van der Waals surface area (Å²) in [5.74, 6) is 0.439. The summed E-state index contributed by atoms with van der Waals surface area (Å²) in [6.07, 6.45) is 0.857. The fourth-order valence-electron chi connectivity index (χ4n) is 1.84. The Morgan fingerprint density at radius 2 is 2.00 bits per heavy atom. The fourth-order valence-corrected chi connectivity index (χ4v) is 1.96. The second-order valence-electron chi connectivity index (χ2n) is 5.08. The molecule has 0 unspecified atom stereocenters. The molecule has 1 N–H and O–H groups in total. The van der Waals surface area contributed by atoms with Crippen LogP contribution in [0.15, 0.2) is 24.3 Å². The van der Waals surface area contributed by atoms with E-state index in [0.717, 1.165) is 6.42 Å².